The first-order valence-corrected chi connectivity index (χ1v) is 9.59. The summed E-state index contributed by atoms with van der Waals surface area (Å²) in [5.41, 5.74) is 0.821. The minimum Gasteiger partial charge on any atom is -0.486 e. The second-order valence-corrected chi connectivity index (χ2v) is 7.53. The second-order valence-electron chi connectivity index (χ2n) is 7.13. The number of hydrogen-bond acceptors (Lipinski definition) is 3. The Morgan fingerprint density at radius 2 is 1.85 bits per heavy atom. The fourth-order valence-corrected chi connectivity index (χ4v) is 4.29. The van der Waals surface area contributed by atoms with E-state index in [2.05, 4.69) is 5.32 Å². The van der Waals surface area contributed by atoms with Crippen LogP contribution in [-0.4, -0.2) is 25.7 Å². The van der Waals surface area contributed by atoms with Crippen LogP contribution in [-0.2, 0) is 5.41 Å². The van der Waals surface area contributed by atoms with Crippen LogP contribution < -0.4 is 14.8 Å². The van der Waals surface area contributed by atoms with Crippen LogP contribution in [0.5, 0.6) is 11.5 Å². The van der Waals surface area contributed by atoms with Crippen molar-refractivity contribution in [3.8, 4) is 11.5 Å². The zero-order chi connectivity index (χ0) is 18.9. The second kappa shape index (κ2) is 7.39. The normalized spacial score (nSPS) is 17.6. The number of ether oxygens (including phenoxy) is 2. The largest absolute Gasteiger partial charge is 0.486 e. The van der Waals surface area contributed by atoms with Gasteiger partial charge in [-0.3, -0.25) is 4.79 Å². The summed E-state index contributed by atoms with van der Waals surface area (Å²) < 4.78 is 25.4. The molecule has 27 heavy (non-hydrogen) atoms. The van der Waals surface area contributed by atoms with Crippen LogP contribution in [0.3, 0.4) is 0 Å². The van der Waals surface area contributed by atoms with Crippen LogP contribution in [0.25, 0.3) is 0 Å². The van der Waals surface area contributed by atoms with Crippen LogP contribution in [0, 0.1) is 5.82 Å². The first kappa shape index (κ1) is 18.1. The highest BCUT2D eigenvalue weighted by Crippen LogP contribution is 2.44. The molecule has 2 aromatic carbocycles. The van der Waals surface area contributed by atoms with Gasteiger partial charge in [0.1, 0.15) is 19.0 Å². The molecule has 1 amide bonds. The molecule has 0 bridgehead atoms. The van der Waals surface area contributed by atoms with Gasteiger partial charge in [0.2, 0.25) is 0 Å². The van der Waals surface area contributed by atoms with Crippen molar-refractivity contribution in [2.75, 3.05) is 19.8 Å². The quantitative estimate of drug-likeness (QED) is 0.838. The number of carbonyl (C=O) groups is 1. The molecule has 0 atom stereocenters. The van der Waals surface area contributed by atoms with Crippen molar-refractivity contribution >= 4 is 17.5 Å². The van der Waals surface area contributed by atoms with Gasteiger partial charge < -0.3 is 14.8 Å². The number of carbonyl (C=O) groups excluding carboxylic acids is 1. The molecule has 1 N–H and O–H groups in total. The summed E-state index contributed by atoms with van der Waals surface area (Å²) in [4.78, 5) is 12.6. The number of rotatable bonds is 4. The molecule has 4 rings (SSSR count). The molecule has 1 fully saturated rings. The number of hydrogen-bond donors (Lipinski definition) is 1. The van der Waals surface area contributed by atoms with Gasteiger partial charge in [0, 0.05) is 12.0 Å². The van der Waals surface area contributed by atoms with Crippen LogP contribution in [0.4, 0.5) is 4.39 Å². The molecule has 0 saturated heterocycles. The van der Waals surface area contributed by atoms with Crippen molar-refractivity contribution in [1.29, 1.82) is 0 Å². The van der Waals surface area contributed by atoms with E-state index in [-0.39, 0.29) is 16.0 Å². The summed E-state index contributed by atoms with van der Waals surface area (Å²) in [6.07, 6.45) is 4.09. The molecule has 0 aromatic heterocycles. The van der Waals surface area contributed by atoms with Gasteiger partial charge in [-0.1, -0.05) is 36.6 Å². The Bertz CT molecular complexity index is 844. The lowest BCUT2D eigenvalue weighted by Gasteiger charge is -2.31. The molecule has 4 nitrogen and oxygen atoms in total. The summed E-state index contributed by atoms with van der Waals surface area (Å²) in [6.45, 7) is 1.51. The van der Waals surface area contributed by atoms with Gasteiger partial charge in [-0.15, -0.1) is 0 Å². The molecule has 0 unspecified atom stereocenters. The van der Waals surface area contributed by atoms with Gasteiger partial charge in [0.05, 0.1) is 10.6 Å². The first-order chi connectivity index (χ1) is 13.1. The number of benzene rings is 2. The standard InChI is InChI=1S/C21H21ClFNO3/c22-15-4-3-5-16(23)19(15)20(25)24-13-21(8-1-2-9-21)14-6-7-17-18(12-14)27-11-10-26-17/h3-7,12H,1-2,8-11,13H2,(H,24,25). The molecule has 0 radical (unpaired) electrons. The molecule has 1 aliphatic heterocycles. The van der Waals surface area contributed by atoms with Gasteiger partial charge in [0.15, 0.2) is 11.5 Å². The smallest absolute Gasteiger partial charge is 0.255 e. The predicted octanol–water partition coefficient (Wildman–Crippen LogP) is 4.49. The molecule has 0 spiro atoms. The third kappa shape index (κ3) is 3.48. The fourth-order valence-electron chi connectivity index (χ4n) is 4.05. The van der Waals surface area contributed by atoms with Crippen molar-refractivity contribution in [3.63, 3.8) is 0 Å². The Hall–Kier alpha value is -2.27. The maximum atomic E-state index is 14.0. The molecule has 1 heterocycles. The number of halogens is 2. The van der Waals surface area contributed by atoms with Crippen molar-refractivity contribution < 1.29 is 18.7 Å². The highest BCUT2D eigenvalue weighted by molar-refractivity contribution is 6.33. The number of fused-ring (bicyclic) bond motifs is 1. The SMILES string of the molecule is O=C(NCC1(c2ccc3c(c2)OCCO3)CCCC1)c1c(F)cccc1Cl. The molecule has 1 aliphatic carbocycles. The molecule has 142 valence electrons. The summed E-state index contributed by atoms with van der Waals surface area (Å²) in [5, 5.41) is 3.02. The van der Waals surface area contributed by atoms with Crippen LogP contribution in [0.2, 0.25) is 5.02 Å². The lowest BCUT2D eigenvalue weighted by Crippen LogP contribution is -2.39. The van der Waals surface area contributed by atoms with Gasteiger partial charge in [-0.25, -0.2) is 4.39 Å². The molecule has 2 aromatic rings. The molecule has 1 saturated carbocycles. The topological polar surface area (TPSA) is 47.6 Å². The minimum atomic E-state index is -0.611. The molecule has 2 aliphatic rings. The van der Waals surface area contributed by atoms with E-state index >= 15 is 0 Å². The van der Waals surface area contributed by atoms with E-state index < -0.39 is 11.7 Å². The highest BCUT2D eigenvalue weighted by Gasteiger charge is 2.37. The van der Waals surface area contributed by atoms with Crippen LogP contribution in [0.1, 0.15) is 41.6 Å². The van der Waals surface area contributed by atoms with Crippen molar-refractivity contribution in [3.05, 3.63) is 58.4 Å². The third-order valence-corrected chi connectivity index (χ3v) is 5.81. The van der Waals surface area contributed by atoms with E-state index in [1.807, 2.05) is 18.2 Å². The Labute approximate surface area is 162 Å². The molecular formula is C21H21ClFNO3. The lowest BCUT2D eigenvalue weighted by atomic mass is 9.78. The molecule has 6 heteroatoms. The van der Waals surface area contributed by atoms with E-state index in [0.717, 1.165) is 42.7 Å². The monoisotopic (exact) mass is 389 g/mol. The summed E-state index contributed by atoms with van der Waals surface area (Å²) in [5.74, 6) is 0.399. The van der Waals surface area contributed by atoms with Crippen LogP contribution in [0.15, 0.2) is 36.4 Å². The predicted molar refractivity (Wildman–Crippen MR) is 101 cm³/mol. The maximum Gasteiger partial charge on any atom is 0.255 e. The third-order valence-electron chi connectivity index (χ3n) is 5.49. The first-order valence-electron chi connectivity index (χ1n) is 9.21. The maximum absolute atomic E-state index is 14.0. The van der Waals surface area contributed by atoms with Gasteiger partial charge in [-0.2, -0.15) is 0 Å². The average Bonchev–Trinajstić information content (AvgIpc) is 3.16. The van der Waals surface area contributed by atoms with Gasteiger partial charge in [0.25, 0.3) is 5.91 Å². The Morgan fingerprint density at radius 3 is 2.59 bits per heavy atom. The number of nitrogens with one attached hydrogen (secondary N) is 1. The van der Waals surface area contributed by atoms with Crippen LogP contribution >= 0.6 is 11.6 Å². The zero-order valence-corrected chi connectivity index (χ0v) is 15.7. The zero-order valence-electron chi connectivity index (χ0n) is 14.9. The van der Waals surface area contributed by atoms with E-state index in [9.17, 15) is 9.18 Å². The van der Waals surface area contributed by atoms with Crippen molar-refractivity contribution in [1.82, 2.24) is 5.32 Å². The lowest BCUT2D eigenvalue weighted by molar-refractivity contribution is 0.0939. The van der Waals surface area contributed by atoms with E-state index in [4.69, 9.17) is 21.1 Å². The summed E-state index contributed by atoms with van der Waals surface area (Å²) in [6, 6.07) is 10.2. The van der Waals surface area contributed by atoms with Gasteiger partial charge in [-0.05, 0) is 42.7 Å². The Balaban J connectivity index is 1.57. The highest BCUT2D eigenvalue weighted by atomic mass is 35.5. The Kier molecular flexibility index (Phi) is 4.96. The minimum absolute atomic E-state index is 0.102. The summed E-state index contributed by atoms with van der Waals surface area (Å²) >= 11 is 6.02. The van der Waals surface area contributed by atoms with Crippen molar-refractivity contribution in [2.45, 2.75) is 31.1 Å². The fraction of sp³-hybridized carbons (Fsp3) is 0.381. The van der Waals surface area contributed by atoms with Crippen molar-refractivity contribution in [2.24, 2.45) is 0 Å². The van der Waals surface area contributed by atoms with E-state index in [0.29, 0.717) is 19.8 Å². The van der Waals surface area contributed by atoms with E-state index in [1.54, 1.807) is 0 Å². The van der Waals surface area contributed by atoms with E-state index in [1.165, 1.54) is 18.2 Å². The number of amides is 1. The van der Waals surface area contributed by atoms with Gasteiger partial charge >= 0.3 is 0 Å². The average molecular weight is 390 g/mol. The Morgan fingerprint density at radius 1 is 1.11 bits per heavy atom. The summed E-state index contributed by atoms with van der Waals surface area (Å²) in [7, 11) is 0. The molecular weight excluding hydrogens is 369 g/mol.